The third-order valence-corrected chi connectivity index (χ3v) is 2.76. The van der Waals surface area contributed by atoms with E-state index in [1.807, 2.05) is 32.0 Å². The van der Waals surface area contributed by atoms with Gasteiger partial charge < -0.3 is 13.7 Å². The molecule has 96 valence electrons. The van der Waals surface area contributed by atoms with E-state index in [1.165, 1.54) is 0 Å². The van der Waals surface area contributed by atoms with Crippen molar-refractivity contribution in [3.05, 3.63) is 47.3 Å². The van der Waals surface area contributed by atoms with Crippen LogP contribution in [0.5, 0.6) is 0 Å². The number of nitrogens with zero attached hydrogens (tertiary/aromatic N) is 1. The molecule has 2 aromatic heterocycles. The molecule has 2 rings (SSSR count). The molecule has 2 aromatic rings. The lowest BCUT2D eigenvalue weighted by molar-refractivity contribution is 0.0741. The number of amides is 1. The molecule has 0 N–H and O–H groups in total. The molecule has 0 bridgehead atoms. The second-order valence-electron chi connectivity index (χ2n) is 4.29. The Morgan fingerprint density at radius 2 is 1.89 bits per heavy atom. The van der Waals surface area contributed by atoms with Crippen LogP contribution < -0.4 is 0 Å². The van der Waals surface area contributed by atoms with Gasteiger partial charge in [-0.15, -0.1) is 0 Å². The van der Waals surface area contributed by atoms with Crippen LogP contribution in [0.1, 0.15) is 34.8 Å². The molecular weight excluding hydrogens is 230 g/mol. The molecule has 0 aromatic carbocycles. The highest BCUT2D eigenvalue weighted by atomic mass is 16.4. The summed E-state index contributed by atoms with van der Waals surface area (Å²) in [6.45, 7) is 4.31. The van der Waals surface area contributed by atoms with Gasteiger partial charge in [0.15, 0.2) is 5.76 Å². The largest absolute Gasteiger partial charge is 0.464 e. The predicted octanol–water partition coefficient (Wildman–Crippen LogP) is 3.02. The molecule has 0 aliphatic heterocycles. The Bertz CT molecular complexity index is 539. The van der Waals surface area contributed by atoms with E-state index in [2.05, 4.69) is 0 Å². The normalized spacial score (nSPS) is 10.6. The van der Waals surface area contributed by atoms with Crippen LogP contribution in [0, 0.1) is 6.92 Å². The number of carbonyl (C=O) groups is 1. The van der Waals surface area contributed by atoms with Crippen molar-refractivity contribution in [1.29, 1.82) is 0 Å². The zero-order chi connectivity index (χ0) is 13.1. The zero-order valence-corrected chi connectivity index (χ0v) is 10.9. The van der Waals surface area contributed by atoms with Gasteiger partial charge in [-0.25, -0.2) is 0 Å². The number of carbonyl (C=O) groups excluding carboxylic acids is 1. The van der Waals surface area contributed by atoms with Gasteiger partial charge in [-0.2, -0.15) is 0 Å². The first kappa shape index (κ1) is 12.5. The van der Waals surface area contributed by atoms with Crippen LogP contribution in [0.4, 0.5) is 0 Å². The standard InChI is InChI=1S/C14H17NO3/c1-4-11-7-8-13(18-11)14(16)15(3)9-12-6-5-10(2)17-12/h5-8H,4,9H2,1-3H3. The summed E-state index contributed by atoms with van der Waals surface area (Å²) in [6.07, 6.45) is 0.786. The molecule has 0 unspecified atom stereocenters. The lowest BCUT2D eigenvalue weighted by Crippen LogP contribution is -2.25. The van der Waals surface area contributed by atoms with Crippen molar-refractivity contribution < 1.29 is 13.6 Å². The third kappa shape index (κ3) is 2.64. The molecular formula is C14H17NO3. The van der Waals surface area contributed by atoms with Crippen LogP contribution in [0.15, 0.2) is 33.1 Å². The van der Waals surface area contributed by atoms with E-state index in [-0.39, 0.29) is 5.91 Å². The van der Waals surface area contributed by atoms with Gasteiger partial charge in [0.05, 0.1) is 6.54 Å². The third-order valence-electron chi connectivity index (χ3n) is 2.76. The fourth-order valence-corrected chi connectivity index (χ4v) is 1.75. The van der Waals surface area contributed by atoms with Crippen molar-refractivity contribution in [2.24, 2.45) is 0 Å². The molecule has 0 radical (unpaired) electrons. The van der Waals surface area contributed by atoms with E-state index < -0.39 is 0 Å². The first-order valence-corrected chi connectivity index (χ1v) is 5.99. The van der Waals surface area contributed by atoms with E-state index in [0.717, 1.165) is 23.7 Å². The van der Waals surface area contributed by atoms with E-state index >= 15 is 0 Å². The molecule has 4 nitrogen and oxygen atoms in total. The molecule has 0 saturated heterocycles. The van der Waals surface area contributed by atoms with Crippen molar-refractivity contribution in [1.82, 2.24) is 4.90 Å². The summed E-state index contributed by atoms with van der Waals surface area (Å²) in [7, 11) is 1.73. The summed E-state index contributed by atoms with van der Waals surface area (Å²) in [6, 6.07) is 7.30. The predicted molar refractivity (Wildman–Crippen MR) is 67.3 cm³/mol. The van der Waals surface area contributed by atoms with Gasteiger partial charge in [-0.05, 0) is 31.2 Å². The second-order valence-corrected chi connectivity index (χ2v) is 4.29. The Hall–Kier alpha value is -1.97. The van der Waals surface area contributed by atoms with Crippen LogP contribution >= 0.6 is 0 Å². The Morgan fingerprint density at radius 1 is 1.17 bits per heavy atom. The van der Waals surface area contributed by atoms with E-state index in [1.54, 1.807) is 18.0 Å². The van der Waals surface area contributed by atoms with Gasteiger partial charge in [0.2, 0.25) is 0 Å². The Labute approximate surface area is 106 Å². The highest BCUT2D eigenvalue weighted by molar-refractivity contribution is 5.91. The molecule has 2 heterocycles. The maximum Gasteiger partial charge on any atom is 0.289 e. The number of aryl methyl sites for hydroxylation is 2. The summed E-state index contributed by atoms with van der Waals surface area (Å²) in [5.74, 6) is 2.67. The number of hydrogen-bond acceptors (Lipinski definition) is 3. The van der Waals surface area contributed by atoms with Crippen molar-refractivity contribution in [3.8, 4) is 0 Å². The molecule has 0 spiro atoms. The summed E-state index contributed by atoms with van der Waals surface area (Å²) in [5, 5.41) is 0. The number of hydrogen-bond donors (Lipinski definition) is 0. The summed E-state index contributed by atoms with van der Waals surface area (Å²) >= 11 is 0. The summed E-state index contributed by atoms with van der Waals surface area (Å²) < 4.78 is 10.9. The van der Waals surface area contributed by atoms with Gasteiger partial charge in [0, 0.05) is 13.5 Å². The average molecular weight is 247 g/mol. The van der Waals surface area contributed by atoms with E-state index in [9.17, 15) is 4.79 Å². The molecule has 0 fully saturated rings. The maximum atomic E-state index is 12.1. The monoisotopic (exact) mass is 247 g/mol. The van der Waals surface area contributed by atoms with Gasteiger partial charge in [-0.3, -0.25) is 4.79 Å². The second kappa shape index (κ2) is 5.12. The van der Waals surface area contributed by atoms with Crippen LogP contribution in [0.25, 0.3) is 0 Å². The maximum absolute atomic E-state index is 12.1. The summed E-state index contributed by atoms with van der Waals surface area (Å²) in [5.41, 5.74) is 0. The molecule has 4 heteroatoms. The van der Waals surface area contributed by atoms with Gasteiger partial charge in [-0.1, -0.05) is 6.92 Å². The molecule has 0 aliphatic rings. The number of rotatable bonds is 4. The molecule has 0 atom stereocenters. The van der Waals surface area contributed by atoms with E-state index in [0.29, 0.717) is 12.3 Å². The van der Waals surface area contributed by atoms with Crippen LogP contribution in [-0.2, 0) is 13.0 Å². The highest BCUT2D eigenvalue weighted by Gasteiger charge is 2.16. The Morgan fingerprint density at radius 3 is 2.44 bits per heavy atom. The fraction of sp³-hybridized carbons (Fsp3) is 0.357. The Kier molecular flexibility index (Phi) is 3.55. The quantitative estimate of drug-likeness (QED) is 0.834. The van der Waals surface area contributed by atoms with E-state index in [4.69, 9.17) is 8.83 Å². The minimum absolute atomic E-state index is 0.135. The van der Waals surface area contributed by atoms with Crippen LogP contribution in [0.3, 0.4) is 0 Å². The molecule has 18 heavy (non-hydrogen) atoms. The Balaban J connectivity index is 2.04. The van der Waals surface area contributed by atoms with Gasteiger partial charge in [0.1, 0.15) is 17.3 Å². The molecule has 0 aliphatic carbocycles. The van der Waals surface area contributed by atoms with Crippen LogP contribution in [-0.4, -0.2) is 17.9 Å². The number of furan rings is 2. The van der Waals surface area contributed by atoms with Crippen molar-refractivity contribution in [3.63, 3.8) is 0 Å². The smallest absolute Gasteiger partial charge is 0.289 e. The van der Waals surface area contributed by atoms with Crippen LogP contribution in [0.2, 0.25) is 0 Å². The lowest BCUT2D eigenvalue weighted by atomic mass is 10.3. The highest BCUT2D eigenvalue weighted by Crippen LogP contribution is 2.13. The zero-order valence-electron chi connectivity index (χ0n) is 10.9. The van der Waals surface area contributed by atoms with Crippen molar-refractivity contribution in [2.45, 2.75) is 26.8 Å². The molecule has 0 saturated carbocycles. The minimum atomic E-state index is -0.135. The average Bonchev–Trinajstić information content (AvgIpc) is 2.97. The van der Waals surface area contributed by atoms with Gasteiger partial charge >= 0.3 is 0 Å². The SMILES string of the molecule is CCc1ccc(C(=O)N(C)Cc2ccc(C)o2)o1. The first-order chi connectivity index (χ1) is 8.60. The lowest BCUT2D eigenvalue weighted by Gasteiger charge is -2.13. The minimum Gasteiger partial charge on any atom is -0.464 e. The molecule has 1 amide bonds. The fourth-order valence-electron chi connectivity index (χ4n) is 1.75. The van der Waals surface area contributed by atoms with Crippen molar-refractivity contribution >= 4 is 5.91 Å². The van der Waals surface area contributed by atoms with Gasteiger partial charge in [0.25, 0.3) is 5.91 Å². The summed E-state index contributed by atoms with van der Waals surface area (Å²) in [4.78, 5) is 13.7. The van der Waals surface area contributed by atoms with Crippen molar-refractivity contribution in [2.75, 3.05) is 7.05 Å². The first-order valence-electron chi connectivity index (χ1n) is 5.99. The topological polar surface area (TPSA) is 46.6 Å².